The Bertz CT molecular complexity index is 1200. The van der Waals surface area contributed by atoms with Gasteiger partial charge in [-0.1, -0.05) is 84.0 Å². The molecule has 0 amide bonds. The lowest BCUT2D eigenvalue weighted by molar-refractivity contribution is -0.173. The smallest absolute Gasteiger partial charge is 0.312 e. The molecule has 3 rings (SSSR count). The number of imidazole rings is 1. The summed E-state index contributed by atoms with van der Waals surface area (Å²) < 4.78 is 33.0. The van der Waals surface area contributed by atoms with Crippen LogP contribution in [0.1, 0.15) is 110 Å². The molecule has 0 radical (unpaired) electrons. The topological polar surface area (TPSA) is 131 Å². The molecule has 1 saturated heterocycles. The fourth-order valence-electron chi connectivity index (χ4n) is 5.58. The summed E-state index contributed by atoms with van der Waals surface area (Å²) in [5.41, 5.74) is 4.54. The van der Waals surface area contributed by atoms with Crippen LogP contribution in [0.25, 0.3) is 11.2 Å². The van der Waals surface area contributed by atoms with Gasteiger partial charge in [-0.05, 0) is 12.8 Å². The highest BCUT2D eigenvalue weighted by Gasteiger charge is 2.58. The number of nitrogens with two attached hydrogens (primary N) is 1. The first-order chi connectivity index (χ1) is 19.8. The molecule has 11 heteroatoms. The van der Waals surface area contributed by atoms with Crippen LogP contribution in [0, 0.1) is 24.3 Å². The molecule has 41 heavy (non-hydrogen) atoms. The Morgan fingerprint density at radius 3 is 2.41 bits per heavy atom. The quantitative estimate of drug-likeness (QED) is 0.110. The third-order valence-corrected chi connectivity index (χ3v) is 7.76. The van der Waals surface area contributed by atoms with E-state index in [1.54, 1.807) is 0 Å². The number of nitrogens with zero attached hydrogens (tertiary/aromatic N) is 4. The summed E-state index contributed by atoms with van der Waals surface area (Å²) in [6.45, 7) is 4.08. The van der Waals surface area contributed by atoms with Crippen molar-refractivity contribution >= 4 is 28.9 Å². The molecule has 4 atom stereocenters. The van der Waals surface area contributed by atoms with Gasteiger partial charge in [0.15, 0.2) is 22.6 Å². The lowest BCUT2D eigenvalue weighted by atomic mass is 9.80. The Kier molecular flexibility index (Phi) is 12.3. The normalized spacial score (nSPS) is 21.0. The van der Waals surface area contributed by atoms with Crippen molar-refractivity contribution in [1.82, 2.24) is 19.5 Å². The Morgan fingerprint density at radius 1 is 1.15 bits per heavy atom. The van der Waals surface area contributed by atoms with Gasteiger partial charge in [0, 0.05) is 12.8 Å². The van der Waals surface area contributed by atoms with Gasteiger partial charge in [-0.25, -0.2) is 4.98 Å². The molecule has 0 bridgehead atoms. The maximum atomic E-state index is 14.0. The molecule has 2 N–H and O–H groups in total. The van der Waals surface area contributed by atoms with Crippen LogP contribution in [0.3, 0.4) is 0 Å². The number of esters is 2. The molecule has 1 aliphatic rings. The number of nitrogen functional groups attached to an aromatic ring is 1. The minimum absolute atomic E-state index is 0.0994. The molecule has 3 heterocycles. The van der Waals surface area contributed by atoms with Crippen molar-refractivity contribution < 1.29 is 28.2 Å². The number of rotatable bonds is 17. The lowest BCUT2D eigenvalue weighted by Crippen LogP contribution is -2.50. The van der Waals surface area contributed by atoms with E-state index in [1.807, 2.05) is 6.92 Å². The van der Waals surface area contributed by atoms with E-state index in [-0.39, 0.29) is 29.8 Å². The van der Waals surface area contributed by atoms with Crippen LogP contribution >= 0.6 is 0 Å². The van der Waals surface area contributed by atoms with Crippen molar-refractivity contribution in [2.24, 2.45) is 5.92 Å². The summed E-state index contributed by atoms with van der Waals surface area (Å²) in [5, 5.41) is 0. The third kappa shape index (κ3) is 7.94. The van der Waals surface area contributed by atoms with E-state index in [9.17, 15) is 14.0 Å². The van der Waals surface area contributed by atoms with Gasteiger partial charge in [0.05, 0.1) is 13.4 Å². The van der Waals surface area contributed by atoms with E-state index in [0.29, 0.717) is 12.8 Å². The van der Waals surface area contributed by atoms with Crippen LogP contribution in [-0.2, 0) is 23.8 Å². The van der Waals surface area contributed by atoms with Crippen LogP contribution in [0.4, 0.5) is 10.2 Å². The van der Waals surface area contributed by atoms with Gasteiger partial charge < -0.3 is 19.9 Å². The van der Waals surface area contributed by atoms with Crippen molar-refractivity contribution in [1.29, 1.82) is 0 Å². The first-order valence-electron chi connectivity index (χ1n) is 14.9. The summed E-state index contributed by atoms with van der Waals surface area (Å²) in [6.07, 6.45) is 17.3. The van der Waals surface area contributed by atoms with Crippen LogP contribution in [0.2, 0.25) is 0 Å². The number of carbonyl (C=O) groups excluding carboxylic acids is 2. The summed E-state index contributed by atoms with van der Waals surface area (Å²) in [5.74, 6) is 0.682. The van der Waals surface area contributed by atoms with Crippen molar-refractivity contribution in [3.05, 3.63) is 12.4 Å². The number of aromatic nitrogens is 4. The van der Waals surface area contributed by atoms with Gasteiger partial charge >= 0.3 is 18.0 Å². The number of halogens is 1. The van der Waals surface area contributed by atoms with Crippen molar-refractivity contribution in [2.45, 2.75) is 122 Å². The number of hydrogen-bond acceptors (Lipinski definition) is 9. The molecule has 2 aromatic rings. The van der Waals surface area contributed by atoms with Crippen molar-refractivity contribution in [2.75, 3.05) is 12.8 Å². The summed E-state index contributed by atoms with van der Waals surface area (Å²) >= 11 is 0. The fourth-order valence-corrected chi connectivity index (χ4v) is 5.58. The molecule has 0 aromatic carbocycles. The van der Waals surface area contributed by atoms with Crippen molar-refractivity contribution in [3.63, 3.8) is 0 Å². The summed E-state index contributed by atoms with van der Waals surface area (Å²) in [4.78, 5) is 37.4. The average Bonchev–Trinajstić information content (AvgIpc) is 3.53. The predicted octanol–water partition coefficient (Wildman–Crippen LogP) is 5.65. The maximum absolute atomic E-state index is 14.0. The lowest BCUT2D eigenvalue weighted by Gasteiger charge is -2.35. The molecule has 1 aliphatic heterocycles. The second kappa shape index (κ2) is 15.7. The first-order valence-corrected chi connectivity index (χ1v) is 14.9. The van der Waals surface area contributed by atoms with E-state index in [0.717, 1.165) is 25.7 Å². The van der Waals surface area contributed by atoms with E-state index < -0.39 is 41.9 Å². The molecule has 10 nitrogen and oxygen atoms in total. The van der Waals surface area contributed by atoms with E-state index >= 15 is 0 Å². The molecular weight excluding hydrogens is 529 g/mol. The molecule has 1 unspecified atom stereocenters. The molecule has 0 saturated carbocycles. The Hall–Kier alpha value is -3.26. The molecule has 2 aromatic heterocycles. The number of methoxy groups -OCH3 is 1. The molecule has 0 spiro atoms. The Morgan fingerprint density at radius 2 is 1.80 bits per heavy atom. The SMILES string of the molecule is C#C[C@@]1(C(CCCCCCCCCCCC)C(=O)OC)O[C@@H](n2cnc3c(N)nc(F)nc32)C[C@@H]1OC(=O)CCC. The summed E-state index contributed by atoms with van der Waals surface area (Å²) in [6, 6.07) is 0. The summed E-state index contributed by atoms with van der Waals surface area (Å²) in [7, 11) is 1.30. The highest BCUT2D eigenvalue weighted by Crippen LogP contribution is 2.46. The Balaban J connectivity index is 1.79. The van der Waals surface area contributed by atoms with Gasteiger partial charge in [0.1, 0.15) is 18.2 Å². The van der Waals surface area contributed by atoms with Gasteiger partial charge in [-0.2, -0.15) is 14.4 Å². The third-order valence-electron chi connectivity index (χ3n) is 7.76. The first kappa shape index (κ1) is 32.3. The minimum atomic E-state index is -1.60. The number of terminal acetylenes is 1. The number of ether oxygens (including phenoxy) is 3. The zero-order valence-electron chi connectivity index (χ0n) is 24.6. The molecule has 1 fully saturated rings. The second-order valence-corrected chi connectivity index (χ2v) is 10.7. The van der Waals surface area contributed by atoms with E-state index in [1.165, 1.54) is 56.5 Å². The van der Waals surface area contributed by atoms with E-state index in [4.69, 9.17) is 26.4 Å². The second-order valence-electron chi connectivity index (χ2n) is 10.7. The Labute approximate surface area is 241 Å². The monoisotopic (exact) mass is 573 g/mol. The fraction of sp³-hybridized carbons (Fsp3) is 0.700. The minimum Gasteiger partial charge on any atom is -0.469 e. The standard InChI is InChI=1S/C30H44FN5O5/c1-5-8-9-10-11-12-13-14-15-16-18-21(28(38)39-4)30(7-3)22(40-24(37)17-6-2)19-23(41-30)36-20-33-25-26(32)34-29(31)35-27(25)36/h3,20-23H,5-6,8-19H2,1-2,4H3,(H2,32,34,35)/t21?,22-,23+,30-/m0/s1. The van der Waals surface area contributed by atoms with Gasteiger partial charge in [0.25, 0.3) is 0 Å². The van der Waals surface area contributed by atoms with Crippen LogP contribution < -0.4 is 5.73 Å². The highest BCUT2D eigenvalue weighted by atomic mass is 19.1. The number of anilines is 1. The van der Waals surface area contributed by atoms with Gasteiger partial charge in [-0.15, -0.1) is 6.42 Å². The molecule has 0 aliphatic carbocycles. The largest absolute Gasteiger partial charge is 0.469 e. The zero-order chi connectivity index (χ0) is 29.8. The molecular formula is C30H44FN5O5. The number of carbonyl (C=O) groups is 2. The predicted molar refractivity (Wildman–Crippen MR) is 153 cm³/mol. The average molecular weight is 574 g/mol. The number of unbranched alkanes of at least 4 members (excludes halogenated alkanes) is 9. The van der Waals surface area contributed by atoms with Crippen LogP contribution in [-0.4, -0.2) is 50.3 Å². The van der Waals surface area contributed by atoms with Crippen LogP contribution in [0.15, 0.2) is 6.33 Å². The van der Waals surface area contributed by atoms with Gasteiger partial charge in [0.2, 0.25) is 0 Å². The number of fused-ring (bicyclic) bond motifs is 1. The van der Waals surface area contributed by atoms with Crippen LogP contribution in [0.5, 0.6) is 0 Å². The van der Waals surface area contributed by atoms with Gasteiger partial charge in [-0.3, -0.25) is 14.2 Å². The van der Waals surface area contributed by atoms with E-state index in [2.05, 4.69) is 27.8 Å². The van der Waals surface area contributed by atoms with Crippen molar-refractivity contribution in [3.8, 4) is 12.3 Å². The number of hydrogen-bond donors (Lipinski definition) is 1. The zero-order valence-corrected chi connectivity index (χ0v) is 24.6. The highest BCUT2D eigenvalue weighted by molar-refractivity contribution is 5.81. The maximum Gasteiger partial charge on any atom is 0.312 e. The molecule has 226 valence electrons.